The Hall–Kier alpha value is -2.85. The van der Waals surface area contributed by atoms with Gasteiger partial charge < -0.3 is 19.5 Å². The van der Waals surface area contributed by atoms with E-state index in [1.54, 1.807) is 26.0 Å². The molecule has 1 heterocycles. The zero-order chi connectivity index (χ0) is 25.8. The fourth-order valence-corrected chi connectivity index (χ4v) is 4.11. The number of methoxy groups -OCH3 is 1. The molecule has 2 atom stereocenters. The van der Waals surface area contributed by atoms with Crippen LogP contribution in [-0.4, -0.2) is 56.7 Å². The molecule has 35 heavy (non-hydrogen) atoms. The molecule has 2 unspecified atom stereocenters. The third kappa shape index (κ3) is 6.64. The van der Waals surface area contributed by atoms with Gasteiger partial charge in [-0.2, -0.15) is 13.2 Å². The summed E-state index contributed by atoms with van der Waals surface area (Å²) in [6.45, 7) is 5.87. The van der Waals surface area contributed by atoms with Crippen molar-refractivity contribution in [2.45, 2.75) is 38.5 Å². The first-order chi connectivity index (χ1) is 16.5. The number of aromatic hydroxyl groups is 1. The number of ether oxygens (including phenoxy) is 2. The molecule has 1 saturated heterocycles. The molecular weight excluding hydrogens is 468 g/mol. The number of esters is 1. The molecule has 2 N–H and O–H groups in total. The van der Waals surface area contributed by atoms with Crippen LogP contribution in [0.1, 0.15) is 31.9 Å². The number of morpholine rings is 1. The number of halogens is 4. The van der Waals surface area contributed by atoms with Crippen molar-refractivity contribution in [3.63, 3.8) is 0 Å². The topological polar surface area (TPSA) is 71.0 Å². The van der Waals surface area contributed by atoms with Crippen LogP contribution in [0.15, 0.2) is 36.4 Å². The van der Waals surface area contributed by atoms with Crippen LogP contribution in [0.25, 0.3) is 11.1 Å². The summed E-state index contributed by atoms with van der Waals surface area (Å²) < 4.78 is 67.0. The number of alkyl halides is 3. The quantitative estimate of drug-likeness (QED) is 0.402. The first-order valence-corrected chi connectivity index (χ1v) is 11.4. The van der Waals surface area contributed by atoms with Crippen LogP contribution < -0.4 is 10.2 Å². The predicted molar refractivity (Wildman–Crippen MR) is 124 cm³/mol. The maximum absolute atomic E-state index is 15.2. The second kappa shape index (κ2) is 11.3. The largest absolute Gasteiger partial charge is 0.507 e. The number of rotatable bonds is 8. The third-order valence-corrected chi connectivity index (χ3v) is 5.86. The first-order valence-electron chi connectivity index (χ1n) is 11.4. The van der Waals surface area contributed by atoms with Gasteiger partial charge >= 0.3 is 12.1 Å². The minimum absolute atomic E-state index is 0.0333. The van der Waals surface area contributed by atoms with Crippen LogP contribution in [0, 0.1) is 11.7 Å². The second-order valence-electron chi connectivity index (χ2n) is 8.89. The summed E-state index contributed by atoms with van der Waals surface area (Å²) in [7, 11) is 1.10. The van der Waals surface area contributed by atoms with Gasteiger partial charge in [0.15, 0.2) is 0 Å². The summed E-state index contributed by atoms with van der Waals surface area (Å²) in [5.74, 6) is -2.02. The molecule has 2 aromatic carbocycles. The van der Waals surface area contributed by atoms with E-state index in [-0.39, 0.29) is 34.8 Å². The highest BCUT2D eigenvalue weighted by Crippen LogP contribution is 2.38. The number of carbonyl (C=O) groups is 1. The average Bonchev–Trinajstić information content (AvgIpc) is 2.81. The van der Waals surface area contributed by atoms with Gasteiger partial charge in [0.25, 0.3) is 0 Å². The van der Waals surface area contributed by atoms with Crippen molar-refractivity contribution >= 4 is 11.7 Å². The normalized spacial score (nSPS) is 16.3. The van der Waals surface area contributed by atoms with E-state index in [1.807, 2.05) is 4.90 Å². The molecule has 0 amide bonds. The molecule has 2 aromatic rings. The molecule has 1 aliphatic heterocycles. The van der Waals surface area contributed by atoms with Gasteiger partial charge in [0.1, 0.15) is 23.7 Å². The maximum Gasteiger partial charge on any atom is 0.407 e. The lowest BCUT2D eigenvalue weighted by Crippen LogP contribution is -2.45. The van der Waals surface area contributed by atoms with Crippen molar-refractivity contribution in [2.24, 2.45) is 5.92 Å². The van der Waals surface area contributed by atoms with Crippen molar-refractivity contribution in [1.29, 1.82) is 0 Å². The summed E-state index contributed by atoms with van der Waals surface area (Å²) >= 11 is 0. The standard InChI is InChI=1S/C25H30F4N2O4/c1-15(2)12-21(24(33)34-3)30-23(25(27,28)29)16-4-6-18(20(26)13-16)19-14-17(5-7-22(19)32)31-8-10-35-11-9-31/h4-7,13-15,21,23,30,32H,8-12H2,1-3H3. The van der Waals surface area contributed by atoms with Gasteiger partial charge in [0, 0.05) is 29.9 Å². The summed E-state index contributed by atoms with van der Waals surface area (Å²) in [6.07, 6.45) is -4.68. The van der Waals surface area contributed by atoms with Crippen molar-refractivity contribution in [1.82, 2.24) is 5.32 Å². The Bertz CT molecular complexity index is 1020. The number of anilines is 1. The minimum atomic E-state index is -4.80. The van der Waals surface area contributed by atoms with Gasteiger partial charge in [-0.15, -0.1) is 0 Å². The average molecular weight is 499 g/mol. The Balaban J connectivity index is 1.94. The molecule has 0 saturated carbocycles. The van der Waals surface area contributed by atoms with Gasteiger partial charge in [-0.25, -0.2) is 4.39 Å². The van der Waals surface area contributed by atoms with E-state index in [4.69, 9.17) is 4.74 Å². The van der Waals surface area contributed by atoms with Crippen LogP contribution in [0.2, 0.25) is 0 Å². The lowest BCUT2D eigenvalue weighted by Gasteiger charge is -2.29. The van der Waals surface area contributed by atoms with Crippen LogP contribution in [0.5, 0.6) is 5.75 Å². The van der Waals surface area contributed by atoms with Gasteiger partial charge in [-0.05, 0) is 42.2 Å². The molecule has 6 nitrogen and oxygen atoms in total. The van der Waals surface area contributed by atoms with Crippen molar-refractivity contribution < 1.29 is 36.9 Å². The smallest absolute Gasteiger partial charge is 0.407 e. The fraction of sp³-hybridized carbons (Fsp3) is 0.480. The molecule has 1 fully saturated rings. The zero-order valence-corrected chi connectivity index (χ0v) is 19.9. The number of benzene rings is 2. The number of hydrogen-bond acceptors (Lipinski definition) is 6. The van der Waals surface area contributed by atoms with E-state index in [0.29, 0.717) is 26.3 Å². The number of hydrogen-bond donors (Lipinski definition) is 2. The second-order valence-corrected chi connectivity index (χ2v) is 8.89. The minimum Gasteiger partial charge on any atom is -0.507 e. The lowest BCUT2D eigenvalue weighted by atomic mass is 9.97. The van der Waals surface area contributed by atoms with Gasteiger partial charge in [0.2, 0.25) is 0 Å². The Morgan fingerprint density at radius 1 is 1.14 bits per heavy atom. The highest BCUT2D eigenvalue weighted by molar-refractivity contribution is 5.76. The summed E-state index contributed by atoms with van der Waals surface area (Å²) in [6, 6.07) is 4.36. The molecule has 3 rings (SSSR count). The predicted octanol–water partition coefficient (Wildman–Crippen LogP) is 4.82. The van der Waals surface area contributed by atoms with E-state index in [9.17, 15) is 23.1 Å². The number of phenolic OH excluding ortho intramolecular Hbond substituents is 1. The van der Waals surface area contributed by atoms with Crippen molar-refractivity contribution in [3.05, 3.63) is 47.8 Å². The number of phenols is 1. The highest BCUT2D eigenvalue weighted by atomic mass is 19.4. The van der Waals surface area contributed by atoms with Crippen LogP contribution >= 0.6 is 0 Å². The molecular formula is C25H30F4N2O4. The van der Waals surface area contributed by atoms with Gasteiger partial charge in [0.05, 0.1) is 20.3 Å². The monoisotopic (exact) mass is 498 g/mol. The van der Waals surface area contributed by atoms with Crippen molar-refractivity contribution in [3.8, 4) is 16.9 Å². The lowest BCUT2D eigenvalue weighted by molar-refractivity contribution is -0.164. The summed E-state index contributed by atoms with van der Waals surface area (Å²) in [5.41, 5.74) is 0.491. The Labute approximate surface area is 201 Å². The zero-order valence-electron chi connectivity index (χ0n) is 19.9. The van der Waals surface area contributed by atoms with Crippen LogP contribution in [-0.2, 0) is 14.3 Å². The Kier molecular flexibility index (Phi) is 8.60. The highest BCUT2D eigenvalue weighted by Gasteiger charge is 2.43. The molecule has 10 heteroatoms. The number of nitrogens with zero attached hydrogens (tertiary/aromatic N) is 1. The Morgan fingerprint density at radius 3 is 2.40 bits per heavy atom. The van der Waals surface area contributed by atoms with E-state index in [1.165, 1.54) is 12.1 Å². The van der Waals surface area contributed by atoms with Gasteiger partial charge in [-0.3, -0.25) is 10.1 Å². The Morgan fingerprint density at radius 2 is 1.83 bits per heavy atom. The molecule has 1 aliphatic rings. The molecule has 0 bridgehead atoms. The summed E-state index contributed by atoms with van der Waals surface area (Å²) in [4.78, 5) is 14.1. The third-order valence-electron chi connectivity index (χ3n) is 5.86. The van der Waals surface area contributed by atoms with Crippen LogP contribution in [0.4, 0.5) is 23.2 Å². The molecule has 192 valence electrons. The molecule has 0 radical (unpaired) electrons. The van der Waals surface area contributed by atoms with Crippen molar-refractivity contribution in [2.75, 3.05) is 38.3 Å². The SMILES string of the molecule is COC(=O)C(CC(C)C)NC(c1ccc(-c2cc(N3CCOCC3)ccc2O)c(F)c1)C(F)(F)F. The molecule has 0 spiro atoms. The van der Waals surface area contributed by atoms with E-state index >= 15 is 4.39 Å². The van der Waals surface area contributed by atoms with E-state index in [0.717, 1.165) is 24.9 Å². The summed E-state index contributed by atoms with van der Waals surface area (Å²) in [5, 5.41) is 12.7. The van der Waals surface area contributed by atoms with E-state index < -0.39 is 30.0 Å². The number of carbonyl (C=O) groups excluding carboxylic acids is 1. The fourth-order valence-electron chi connectivity index (χ4n) is 4.11. The first kappa shape index (κ1) is 26.7. The molecule has 0 aliphatic carbocycles. The van der Waals surface area contributed by atoms with Gasteiger partial charge in [-0.1, -0.05) is 26.0 Å². The maximum atomic E-state index is 15.2. The van der Waals surface area contributed by atoms with E-state index in [2.05, 4.69) is 10.1 Å². The molecule has 0 aromatic heterocycles. The van der Waals surface area contributed by atoms with Crippen LogP contribution in [0.3, 0.4) is 0 Å². The number of nitrogens with one attached hydrogen (secondary N) is 1.